The third-order valence-corrected chi connectivity index (χ3v) is 4.96. The smallest absolute Gasteiger partial charge is 0.129 e. The van der Waals surface area contributed by atoms with Crippen LogP contribution in [0.2, 0.25) is 0 Å². The van der Waals surface area contributed by atoms with E-state index in [0.29, 0.717) is 24.3 Å². The van der Waals surface area contributed by atoms with Gasteiger partial charge < -0.3 is 10.1 Å². The van der Waals surface area contributed by atoms with Crippen LogP contribution in [-0.4, -0.2) is 19.7 Å². The van der Waals surface area contributed by atoms with Crippen LogP contribution in [0.1, 0.15) is 49.3 Å². The summed E-state index contributed by atoms with van der Waals surface area (Å²) < 4.78 is 33.8. The van der Waals surface area contributed by atoms with Crippen molar-refractivity contribution in [2.45, 2.75) is 45.1 Å². The summed E-state index contributed by atoms with van der Waals surface area (Å²) >= 11 is 0. The van der Waals surface area contributed by atoms with Crippen LogP contribution in [-0.2, 0) is 4.74 Å². The highest BCUT2D eigenvalue weighted by Crippen LogP contribution is 2.39. The molecule has 1 aliphatic carbocycles. The Morgan fingerprint density at radius 2 is 1.90 bits per heavy atom. The van der Waals surface area contributed by atoms with Gasteiger partial charge in [0.15, 0.2) is 0 Å². The van der Waals surface area contributed by atoms with Crippen LogP contribution in [0.3, 0.4) is 0 Å². The molecule has 1 aromatic rings. The van der Waals surface area contributed by atoms with Crippen LogP contribution in [0.5, 0.6) is 0 Å². The van der Waals surface area contributed by atoms with Crippen molar-refractivity contribution in [3.8, 4) is 0 Å². The van der Waals surface area contributed by atoms with Crippen LogP contribution >= 0.6 is 0 Å². The quantitative estimate of drug-likeness (QED) is 0.849. The second kappa shape index (κ2) is 6.01. The first-order valence-corrected chi connectivity index (χ1v) is 7.88. The maximum Gasteiger partial charge on any atom is 0.129 e. The summed E-state index contributed by atoms with van der Waals surface area (Å²) in [5.74, 6) is -0.744. The molecule has 4 heteroatoms. The molecule has 1 saturated carbocycles. The van der Waals surface area contributed by atoms with Gasteiger partial charge in [-0.3, -0.25) is 0 Å². The van der Waals surface area contributed by atoms with Gasteiger partial charge in [0, 0.05) is 24.1 Å². The van der Waals surface area contributed by atoms with E-state index in [1.807, 2.05) is 0 Å². The van der Waals surface area contributed by atoms with Gasteiger partial charge in [-0.15, -0.1) is 0 Å². The zero-order valence-corrected chi connectivity index (χ0v) is 12.6. The van der Waals surface area contributed by atoms with Crippen molar-refractivity contribution in [1.82, 2.24) is 5.32 Å². The molecule has 1 atom stereocenters. The number of rotatable bonds is 1. The van der Waals surface area contributed by atoms with E-state index in [2.05, 4.69) is 5.32 Å². The van der Waals surface area contributed by atoms with E-state index in [4.69, 9.17) is 4.74 Å². The van der Waals surface area contributed by atoms with Crippen LogP contribution in [0.25, 0.3) is 0 Å². The van der Waals surface area contributed by atoms with Crippen LogP contribution < -0.4 is 5.32 Å². The third-order valence-electron chi connectivity index (χ3n) is 4.96. The summed E-state index contributed by atoms with van der Waals surface area (Å²) in [5, 5.41) is 3.40. The van der Waals surface area contributed by atoms with Gasteiger partial charge in [0.25, 0.3) is 0 Å². The first kappa shape index (κ1) is 14.9. The molecule has 0 aromatic heterocycles. The molecule has 0 bridgehead atoms. The highest BCUT2D eigenvalue weighted by Gasteiger charge is 2.35. The van der Waals surface area contributed by atoms with Crippen molar-refractivity contribution in [3.63, 3.8) is 0 Å². The molecule has 1 saturated heterocycles. The van der Waals surface area contributed by atoms with E-state index in [9.17, 15) is 8.78 Å². The van der Waals surface area contributed by atoms with Crippen molar-refractivity contribution >= 4 is 0 Å². The Kier molecular flexibility index (Phi) is 4.27. The lowest BCUT2D eigenvalue weighted by Crippen LogP contribution is -2.37. The van der Waals surface area contributed by atoms with E-state index in [1.54, 1.807) is 6.92 Å². The van der Waals surface area contributed by atoms with Crippen molar-refractivity contribution in [1.29, 1.82) is 0 Å². The van der Waals surface area contributed by atoms with Gasteiger partial charge in [0.2, 0.25) is 0 Å². The zero-order valence-electron chi connectivity index (χ0n) is 12.6. The average molecular weight is 295 g/mol. The second-order valence-corrected chi connectivity index (χ2v) is 6.61. The minimum absolute atomic E-state index is 0.187. The Hall–Kier alpha value is -1.00. The molecule has 2 nitrogen and oxygen atoms in total. The molecule has 1 spiro atoms. The van der Waals surface area contributed by atoms with E-state index >= 15 is 0 Å². The first-order chi connectivity index (χ1) is 10.1. The lowest BCUT2D eigenvalue weighted by atomic mass is 9.74. The lowest BCUT2D eigenvalue weighted by molar-refractivity contribution is -0.00285. The summed E-state index contributed by atoms with van der Waals surface area (Å²) in [6.07, 6.45) is 5.70. The first-order valence-electron chi connectivity index (χ1n) is 7.88. The summed E-state index contributed by atoms with van der Waals surface area (Å²) in [4.78, 5) is 0. The zero-order chi connectivity index (χ0) is 14.9. The fourth-order valence-corrected chi connectivity index (χ4v) is 3.59. The molecule has 2 fully saturated rings. The number of halogens is 2. The third kappa shape index (κ3) is 3.11. The van der Waals surface area contributed by atoms with Gasteiger partial charge in [-0.05, 0) is 37.5 Å². The van der Waals surface area contributed by atoms with Gasteiger partial charge in [-0.1, -0.05) is 19.3 Å². The number of hydrogen-bond donors (Lipinski definition) is 1. The van der Waals surface area contributed by atoms with Crippen LogP contribution in [0, 0.1) is 24.0 Å². The number of ether oxygens (including phenoxy) is 1. The molecule has 0 radical (unpaired) electrons. The maximum atomic E-state index is 14.1. The molecule has 1 N–H and O–H groups in total. The fraction of sp³-hybridized carbons (Fsp3) is 0.647. The number of benzene rings is 1. The lowest BCUT2D eigenvalue weighted by Gasteiger charge is -2.35. The molecular formula is C17H23F2NO. The molecule has 1 aliphatic heterocycles. The fourth-order valence-electron chi connectivity index (χ4n) is 3.59. The van der Waals surface area contributed by atoms with Gasteiger partial charge in [0.1, 0.15) is 11.6 Å². The SMILES string of the molecule is Cc1cc(F)c(C2CNCC3(CCCCC3)CO2)cc1F. The van der Waals surface area contributed by atoms with Crippen molar-refractivity contribution < 1.29 is 13.5 Å². The van der Waals surface area contributed by atoms with Crippen molar-refractivity contribution in [2.75, 3.05) is 19.7 Å². The highest BCUT2D eigenvalue weighted by molar-refractivity contribution is 5.27. The number of hydrogen-bond acceptors (Lipinski definition) is 2. The monoisotopic (exact) mass is 295 g/mol. The van der Waals surface area contributed by atoms with Gasteiger partial charge in [-0.25, -0.2) is 8.78 Å². The van der Waals surface area contributed by atoms with Gasteiger partial charge in [-0.2, -0.15) is 0 Å². The van der Waals surface area contributed by atoms with Gasteiger partial charge >= 0.3 is 0 Å². The molecule has 2 aliphatic rings. The van der Waals surface area contributed by atoms with Crippen LogP contribution in [0.15, 0.2) is 12.1 Å². The van der Waals surface area contributed by atoms with E-state index < -0.39 is 6.10 Å². The summed E-state index contributed by atoms with van der Waals surface area (Å²) in [7, 11) is 0. The summed E-state index contributed by atoms with van der Waals surface area (Å²) in [5.41, 5.74) is 0.854. The molecule has 1 heterocycles. The topological polar surface area (TPSA) is 21.3 Å². The Balaban J connectivity index is 1.77. The van der Waals surface area contributed by atoms with Crippen molar-refractivity contribution in [3.05, 3.63) is 34.9 Å². The largest absolute Gasteiger partial charge is 0.371 e. The Morgan fingerprint density at radius 3 is 2.67 bits per heavy atom. The molecule has 1 unspecified atom stereocenters. The van der Waals surface area contributed by atoms with Crippen molar-refractivity contribution in [2.24, 2.45) is 5.41 Å². The molecule has 3 rings (SSSR count). The average Bonchev–Trinajstić information content (AvgIpc) is 2.67. The Labute approximate surface area is 124 Å². The minimum Gasteiger partial charge on any atom is -0.371 e. The summed E-state index contributed by atoms with van der Waals surface area (Å²) in [6, 6.07) is 2.55. The van der Waals surface area contributed by atoms with Crippen LogP contribution in [0.4, 0.5) is 8.78 Å². The highest BCUT2D eigenvalue weighted by atomic mass is 19.1. The standard InChI is InChI=1S/C17H23F2NO/c1-12-7-15(19)13(8-14(12)18)16-9-20-10-17(11-21-16)5-3-2-4-6-17/h7-8,16,20H,2-6,9-11H2,1H3. The predicted molar refractivity (Wildman–Crippen MR) is 78.2 cm³/mol. The molecule has 1 aromatic carbocycles. The number of aryl methyl sites for hydroxylation is 1. The van der Waals surface area contributed by atoms with Gasteiger partial charge in [0.05, 0.1) is 12.7 Å². The number of nitrogens with one attached hydrogen (secondary N) is 1. The molecule has 0 amide bonds. The predicted octanol–water partition coefficient (Wildman–Crippen LogP) is 3.88. The minimum atomic E-state index is -0.401. The Morgan fingerprint density at radius 1 is 1.14 bits per heavy atom. The Bertz CT molecular complexity index is 512. The molecule has 116 valence electrons. The normalized spacial score (nSPS) is 25.8. The molecule has 21 heavy (non-hydrogen) atoms. The molecular weight excluding hydrogens is 272 g/mol. The van der Waals surface area contributed by atoms with E-state index in [0.717, 1.165) is 19.4 Å². The summed E-state index contributed by atoms with van der Waals surface area (Å²) in [6.45, 7) is 3.67. The van der Waals surface area contributed by atoms with E-state index in [-0.39, 0.29) is 17.0 Å². The second-order valence-electron chi connectivity index (χ2n) is 6.61. The van der Waals surface area contributed by atoms with E-state index in [1.165, 1.54) is 31.4 Å². The maximum absolute atomic E-state index is 14.1.